The number of nitrogens with zero attached hydrogens (tertiary/aromatic N) is 2. The molecular formula is C19H26N4O5. The molecule has 0 spiro atoms. The van der Waals surface area contributed by atoms with Crippen LogP contribution in [0, 0.1) is 0 Å². The number of rotatable bonds is 6. The summed E-state index contributed by atoms with van der Waals surface area (Å²) in [5.41, 5.74) is 1.10. The van der Waals surface area contributed by atoms with Gasteiger partial charge in [-0.3, -0.25) is 19.3 Å². The summed E-state index contributed by atoms with van der Waals surface area (Å²) in [6, 6.07) is 4.98. The summed E-state index contributed by atoms with van der Waals surface area (Å²) in [4.78, 5) is 39.9. The summed E-state index contributed by atoms with van der Waals surface area (Å²) < 4.78 is 10.6. The molecular weight excluding hydrogens is 364 g/mol. The van der Waals surface area contributed by atoms with E-state index in [0.29, 0.717) is 56.4 Å². The van der Waals surface area contributed by atoms with Crippen molar-refractivity contribution in [1.29, 1.82) is 0 Å². The number of amides is 3. The third-order valence-corrected chi connectivity index (χ3v) is 4.83. The summed E-state index contributed by atoms with van der Waals surface area (Å²) in [6.45, 7) is 4.75. The van der Waals surface area contributed by atoms with E-state index in [9.17, 15) is 14.4 Å². The van der Waals surface area contributed by atoms with Gasteiger partial charge in [-0.1, -0.05) is 0 Å². The molecule has 2 aliphatic rings. The zero-order chi connectivity index (χ0) is 19.9. The molecule has 0 saturated carbocycles. The van der Waals surface area contributed by atoms with Crippen molar-refractivity contribution in [3.05, 3.63) is 18.2 Å². The maximum Gasteiger partial charge on any atom is 0.313 e. The van der Waals surface area contributed by atoms with E-state index in [0.717, 1.165) is 19.5 Å². The number of carbonyl (C=O) groups excluding carboxylic acids is 3. The molecule has 0 aliphatic carbocycles. The van der Waals surface area contributed by atoms with Crippen LogP contribution in [0.2, 0.25) is 0 Å². The molecule has 9 heteroatoms. The van der Waals surface area contributed by atoms with Crippen LogP contribution in [0.4, 0.5) is 11.4 Å². The summed E-state index contributed by atoms with van der Waals surface area (Å²) in [5, 5.41) is 5.19. The Labute approximate surface area is 163 Å². The average molecular weight is 390 g/mol. The number of carbonyl (C=O) groups is 3. The summed E-state index contributed by atoms with van der Waals surface area (Å²) in [5.74, 6) is -0.907. The molecule has 2 saturated heterocycles. The number of nitrogens with one attached hydrogen (secondary N) is 2. The van der Waals surface area contributed by atoms with Crippen molar-refractivity contribution in [2.75, 3.05) is 63.3 Å². The van der Waals surface area contributed by atoms with Gasteiger partial charge in [-0.05, 0) is 18.6 Å². The predicted molar refractivity (Wildman–Crippen MR) is 103 cm³/mol. The monoisotopic (exact) mass is 390 g/mol. The van der Waals surface area contributed by atoms with E-state index in [1.165, 1.54) is 7.11 Å². The fraction of sp³-hybridized carbons (Fsp3) is 0.526. The van der Waals surface area contributed by atoms with E-state index >= 15 is 0 Å². The first-order chi connectivity index (χ1) is 13.6. The van der Waals surface area contributed by atoms with Gasteiger partial charge in [-0.25, -0.2) is 0 Å². The predicted octanol–water partition coefficient (Wildman–Crippen LogP) is 0.209. The molecule has 2 N–H and O–H groups in total. The lowest BCUT2D eigenvalue weighted by Gasteiger charge is -2.26. The van der Waals surface area contributed by atoms with Gasteiger partial charge >= 0.3 is 11.8 Å². The Hall–Kier alpha value is -2.65. The molecule has 3 amide bonds. The number of morpholine rings is 1. The third kappa shape index (κ3) is 4.99. The number of benzene rings is 1. The molecule has 3 rings (SSSR count). The van der Waals surface area contributed by atoms with Crippen LogP contribution >= 0.6 is 0 Å². The van der Waals surface area contributed by atoms with E-state index in [2.05, 4.69) is 15.5 Å². The lowest BCUT2D eigenvalue weighted by Crippen LogP contribution is -2.43. The second-order valence-electron chi connectivity index (χ2n) is 6.70. The zero-order valence-electron chi connectivity index (χ0n) is 16.0. The van der Waals surface area contributed by atoms with Gasteiger partial charge < -0.3 is 25.0 Å². The van der Waals surface area contributed by atoms with Gasteiger partial charge in [-0.15, -0.1) is 0 Å². The van der Waals surface area contributed by atoms with Crippen molar-refractivity contribution >= 4 is 29.1 Å². The molecule has 0 atom stereocenters. The van der Waals surface area contributed by atoms with Crippen LogP contribution in [0.5, 0.6) is 5.75 Å². The van der Waals surface area contributed by atoms with Crippen LogP contribution in [0.25, 0.3) is 0 Å². The Morgan fingerprint density at radius 3 is 2.64 bits per heavy atom. The second kappa shape index (κ2) is 9.52. The zero-order valence-corrected chi connectivity index (χ0v) is 16.0. The van der Waals surface area contributed by atoms with Crippen molar-refractivity contribution in [2.45, 2.75) is 12.8 Å². The number of anilines is 2. The first kappa shape index (κ1) is 20.1. The molecule has 0 aromatic heterocycles. The minimum absolute atomic E-state index is 0.0507. The minimum atomic E-state index is -0.742. The highest BCUT2D eigenvalue weighted by Crippen LogP contribution is 2.33. The van der Waals surface area contributed by atoms with Gasteiger partial charge in [0.25, 0.3) is 0 Å². The van der Waals surface area contributed by atoms with Crippen LogP contribution in [-0.4, -0.2) is 75.7 Å². The Bertz CT molecular complexity index is 733. The molecule has 152 valence electrons. The van der Waals surface area contributed by atoms with Crippen molar-refractivity contribution in [2.24, 2.45) is 0 Å². The minimum Gasteiger partial charge on any atom is -0.494 e. The van der Waals surface area contributed by atoms with Crippen LogP contribution in [0.1, 0.15) is 12.8 Å². The van der Waals surface area contributed by atoms with E-state index in [4.69, 9.17) is 9.47 Å². The summed E-state index contributed by atoms with van der Waals surface area (Å²) >= 11 is 0. The Morgan fingerprint density at radius 2 is 1.96 bits per heavy atom. The normalized spacial score (nSPS) is 17.5. The van der Waals surface area contributed by atoms with Gasteiger partial charge in [0.15, 0.2) is 0 Å². The molecule has 9 nitrogen and oxygen atoms in total. The van der Waals surface area contributed by atoms with Gasteiger partial charge in [-0.2, -0.15) is 0 Å². The summed E-state index contributed by atoms with van der Waals surface area (Å²) in [7, 11) is 1.50. The first-order valence-corrected chi connectivity index (χ1v) is 9.46. The second-order valence-corrected chi connectivity index (χ2v) is 6.70. The molecule has 2 aliphatic heterocycles. The maximum atomic E-state index is 12.1. The summed E-state index contributed by atoms with van der Waals surface area (Å²) in [6.07, 6.45) is 1.33. The Balaban J connectivity index is 1.52. The largest absolute Gasteiger partial charge is 0.494 e. The van der Waals surface area contributed by atoms with Gasteiger partial charge in [0.2, 0.25) is 5.91 Å². The lowest BCUT2D eigenvalue weighted by atomic mass is 10.2. The maximum absolute atomic E-state index is 12.1. The van der Waals surface area contributed by atoms with Gasteiger partial charge in [0, 0.05) is 50.9 Å². The fourth-order valence-corrected chi connectivity index (χ4v) is 3.30. The van der Waals surface area contributed by atoms with Crippen LogP contribution in [0.3, 0.4) is 0 Å². The highest BCUT2D eigenvalue weighted by Gasteiger charge is 2.25. The van der Waals surface area contributed by atoms with Crippen molar-refractivity contribution in [3.63, 3.8) is 0 Å². The van der Waals surface area contributed by atoms with E-state index < -0.39 is 11.8 Å². The fourth-order valence-electron chi connectivity index (χ4n) is 3.30. The lowest BCUT2D eigenvalue weighted by molar-refractivity contribution is -0.136. The van der Waals surface area contributed by atoms with Crippen LogP contribution in [-0.2, 0) is 19.1 Å². The van der Waals surface area contributed by atoms with Crippen LogP contribution in [0.15, 0.2) is 18.2 Å². The standard InChI is InChI=1S/C19H26N4O5/c1-27-16-13-14(4-5-15(16)23-7-2-3-17(23)24)21-19(26)18(25)20-6-8-22-9-11-28-12-10-22/h4-5,13H,2-3,6-12H2,1H3,(H,20,25)(H,21,26). The van der Waals surface area contributed by atoms with Crippen molar-refractivity contribution in [3.8, 4) is 5.75 Å². The molecule has 1 aromatic carbocycles. The van der Waals surface area contributed by atoms with Gasteiger partial charge in [0.05, 0.1) is 26.0 Å². The molecule has 0 unspecified atom stereocenters. The molecule has 2 heterocycles. The number of methoxy groups -OCH3 is 1. The third-order valence-electron chi connectivity index (χ3n) is 4.83. The van der Waals surface area contributed by atoms with E-state index in [1.807, 2.05) is 0 Å². The Morgan fingerprint density at radius 1 is 1.18 bits per heavy atom. The SMILES string of the molecule is COc1cc(NC(=O)C(=O)NCCN2CCOCC2)ccc1N1CCCC1=O. The molecule has 2 fully saturated rings. The van der Waals surface area contributed by atoms with Crippen molar-refractivity contribution < 1.29 is 23.9 Å². The van der Waals surface area contributed by atoms with E-state index in [1.54, 1.807) is 23.1 Å². The molecule has 0 radical (unpaired) electrons. The quantitative estimate of drug-likeness (QED) is 0.674. The van der Waals surface area contributed by atoms with Crippen LogP contribution < -0.4 is 20.3 Å². The molecule has 1 aromatic rings. The van der Waals surface area contributed by atoms with E-state index in [-0.39, 0.29) is 5.91 Å². The number of hydrogen-bond donors (Lipinski definition) is 2. The number of ether oxygens (including phenoxy) is 2. The highest BCUT2D eigenvalue weighted by molar-refractivity contribution is 6.39. The molecule has 28 heavy (non-hydrogen) atoms. The number of hydrogen-bond acceptors (Lipinski definition) is 6. The molecule has 0 bridgehead atoms. The first-order valence-electron chi connectivity index (χ1n) is 9.46. The topological polar surface area (TPSA) is 100 Å². The van der Waals surface area contributed by atoms with Gasteiger partial charge in [0.1, 0.15) is 5.75 Å². The Kier molecular flexibility index (Phi) is 6.83. The van der Waals surface area contributed by atoms with Crippen molar-refractivity contribution in [1.82, 2.24) is 10.2 Å². The highest BCUT2D eigenvalue weighted by atomic mass is 16.5. The smallest absolute Gasteiger partial charge is 0.313 e. The average Bonchev–Trinajstić information content (AvgIpc) is 3.14.